The highest BCUT2D eigenvalue weighted by molar-refractivity contribution is 9.10. The molecule has 0 bridgehead atoms. The van der Waals surface area contributed by atoms with Gasteiger partial charge in [-0.25, -0.2) is 4.39 Å². The van der Waals surface area contributed by atoms with E-state index in [9.17, 15) is 9.18 Å². The Morgan fingerprint density at radius 1 is 1.50 bits per heavy atom. The molecule has 0 aliphatic carbocycles. The van der Waals surface area contributed by atoms with Gasteiger partial charge in [0.1, 0.15) is 11.4 Å². The molecule has 2 nitrogen and oxygen atoms in total. The van der Waals surface area contributed by atoms with Gasteiger partial charge in [0.15, 0.2) is 5.78 Å². The van der Waals surface area contributed by atoms with E-state index in [2.05, 4.69) is 15.9 Å². The third kappa shape index (κ3) is 2.89. The Balaban J connectivity index is 2.90. The molecule has 16 heavy (non-hydrogen) atoms. The number of carbonyl (C=O) groups is 1. The number of Topliss-reactive ketones (excluding diaryl/α,β-unsaturated/α-hetero) is 1. The van der Waals surface area contributed by atoms with E-state index in [-0.39, 0.29) is 18.0 Å². The highest BCUT2D eigenvalue weighted by Gasteiger charge is 2.27. The molecule has 0 heterocycles. The minimum absolute atomic E-state index is 0.0821. The molecule has 0 radical (unpaired) electrons. The lowest BCUT2D eigenvalue weighted by Crippen LogP contribution is -2.35. The van der Waals surface area contributed by atoms with Gasteiger partial charge < -0.3 is 4.74 Å². The SMILES string of the molecule is COC(C)(C)C(=O)Cc1cccc(F)c1Br. The predicted molar refractivity (Wildman–Crippen MR) is 63.9 cm³/mol. The molecular formula is C12H14BrFO2. The van der Waals surface area contributed by atoms with Crippen LogP contribution in [0.15, 0.2) is 22.7 Å². The van der Waals surface area contributed by atoms with Crippen molar-refractivity contribution in [3.8, 4) is 0 Å². The molecule has 0 amide bonds. The van der Waals surface area contributed by atoms with Gasteiger partial charge in [-0.05, 0) is 41.4 Å². The fourth-order valence-electron chi connectivity index (χ4n) is 1.18. The zero-order valence-electron chi connectivity index (χ0n) is 9.51. The van der Waals surface area contributed by atoms with Crippen LogP contribution in [0.5, 0.6) is 0 Å². The summed E-state index contributed by atoms with van der Waals surface area (Å²) in [5.74, 6) is -0.443. The van der Waals surface area contributed by atoms with Crippen molar-refractivity contribution in [2.24, 2.45) is 0 Å². The monoisotopic (exact) mass is 288 g/mol. The Kier molecular flexibility index (Phi) is 4.21. The minimum Gasteiger partial charge on any atom is -0.371 e. The van der Waals surface area contributed by atoms with Crippen LogP contribution in [-0.2, 0) is 16.0 Å². The first kappa shape index (κ1) is 13.3. The molecule has 1 aromatic rings. The van der Waals surface area contributed by atoms with Crippen LogP contribution in [0, 0.1) is 5.82 Å². The van der Waals surface area contributed by atoms with E-state index in [4.69, 9.17) is 4.74 Å². The van der Waals surface area contributed by atoms with Crippen molar-refractivity contribution < 1.29 is 13.9 Å². The smallest absolute Gasteiger partial charge is 0.168 e. The number of rotatable bonds is 4. The molecule has 0 saturated carbocycles. The van der Waals surface area contributed by atoms with Crippen molar-refractivity contribution in [1.82, 2.24) is 0 Å². The molecule has 0 N–H and O–H groups in total. The third-order valence-corrected chi connectivity index (χ3v) is 3.45. The molecule has 0 spiro atoms. The molecule has 0 unspecified atom stereocenters. The first-order valence-electron chi connectivity index (χ1n) is 4.90. The quantitative estimate of drug-likeness (QED) is 0.851. The van der Waals surface area contributed by atoms with Crippen molar-refractivity contribution in [2.75, 3.05) is 7.11 Å². The minimum atomic E-state index is -0.842. The lowest BCUT2D eigenvalue weighted by atomic mass is 9.97. The second kappa shape index (κ2) is 5.06. The molecule has 0 aromatic heterocycles. The summed E-state index contributed by atoms with van der Waals surface area (Å²) in [7, 11) is 1.48. The van der Waals surface area contributed by atoms with Gasteiger partial charge in [-0.2, -0.15) is 0 Å². The zero-order chi connectivity index (χ0) is 12.3. The normalized spacial score (nSPS) is 11.6. The molecule has 0 aliphatic rings. The number of hydrogen-bond acceptors (Lipinski definition) is 2. The van der Waals surface area contributed by atoms with Crippen molar-refractivity contribution >= 4 is 21.7 Å². The fraction of sp³-hybridized carbons (Fsp3) is 0.417. The number of ether oxygens (including phenoxy) is 1. The summed E-state index contributed by atoms with van der Waals surface area (Å²) < 4.78 is 18.6. The molecule has 4 heteroatoms. The van der Waals surface area contributed by atoms with Crippen LogP contribution in [0.1, 0.15) is 19.4 Å². The average Bonchev–Trinajstić information content (AvgIpc) is 2.24. The Labute approximate surface area is 103 Å². The molecule has 88 valence electrons. The second-order valence-electron chi connectivity index (χ2n) is 4.03. The van der Waals surface area contributed by atoms with Crippen LogP contribution in [0.25, 0.3) is 0 Å². The van der Waals surface area contributed by atoms with Crippen molar-refractivity contribution in [3.05, 3.63) is 34.1 Å². The van der Waals surface area contributed by atoms with E-state index in [0.29, 0.717) is 10.0 Å². The number of hydrogen-bond donors (Lipinski definition) is 0. The number of ketones is 1. The van der Waals surface area contributed by atoms with Gasteiger partial charge in [0.05, 0.1) is 4.47 Å². The van der Waals surface area contributed by atoms with E-state index in [1.54, 1.807) is 26.0 Å². The number of methoxy groups -OCH3 is 1. The van der Waals surface area contributed by atoms with Gasteiger partial charge >= 0.3 is 0 Å². The lowest BCUT2D eigenvalue weighted by Gasteiger charge is -2.21. The standard InChI is InChI=1S/C12H14BrFO2/c1-12(2,16-3)10(15)7-8-5-4-6-9(14)11(8)13/h4-6H,7H2,1-3H3. The topological polar surface area (TPSA) is 26.3 Å². The summed E-state index contributed by atoms with van der Waals surface area (Å²) in [5, 5.41) is 0. The van der Waals surface area contributed by atoms with Crippen LogP contribution in [0.3, 0.4) is 0 Å². The maximum atomic E-state index is 13.2. The molecule has 0 atom stereocenters. The Morgan fingerprint density at radius 3 is 2.69 bits per heavy atom. The lowest BCUT2D eigenvalue weighted by molar-refractivity contribution is -0.136. The van der Waals surface area contributed by atoms with E-state index >= 15 is 0 Å². The maximum Gasteiger partial charge on any atom is 0.168 e. The van der Waals surface area contributed by atoms with E-state index in [1.165, 1.54) is 13.2 Å². The van der Waals surface area contributed by atoms with Gasteiger partial charge in [0.25, 0.3) is 0 Å². The average molecular weight is 289 g/mol. The molecule has 0 saturated heterocycles. The van der Waals surface area contributed by atoms with Gasteiger partial charge in [-0.15, -0.1) is 0 Å². The molecule has 0 fully saturated rings. The van der Waals surface area contributed by atoms with E-state index in [1.807, 2.05) is 0 Å². The number of benzene rings is 1. The highest BCUT2D eigenvalue weighted by Crippen LogP contribution is 2.23. The van der Waals surface area contributed by atoms with Gasteiger partial charge in [0.2, 0.25) is 0 Å². The second-order valence-corrected chi connectivity index (χ2v) is 4.82. The van der Waals surface area contributed by atoms with Gasteiger partial charge in [-0.1, -0.05) is 12.1 Å². The molecule has 1 aromatic carbocycles. The molecule has 0 aliphatic heterocycles. The summed E-state index contributed by atoms with van der Waals surface area (Å²) in [6.45, 7) is 3.39. The van der Waals surface area contributed by atoms with E-state index in [0.717, 1.165) is 0 Å². The van der Waals surface area contributed by atoms with Crippen LogP contribution in [-0.4, -0.2) is 18.5 Å². The van der Waals surface area contributed by atoms with Crippen molar-refractivity contribution in [1.29, 1.82) is 0 Å². The van der Waals surface area contributed by atoms with Crippen molar-refractivity contribution in [2.45, 2.75) is 25.9 Å². The fourth-order valence-corrected chi connectivity index (χ4v) is 1.59. The summed E-state index contributed by atoms with van der Waals surface area (Å²) in [4.78, 5) is 11.9. The first-order chi connectivity index (χ1) is 7.38. The summed E-state index contributed by atoms with van der Waals surface area (Å²) in [6.07, 6.45) is 0.152. The summed E-state index contributed by atoms with van der Waals surface area (Å²) >= 11 is 3.13. The Morgan fingerprint density at radius 2 is 2.12 bits per heavy atom. The van der Waals surface area contributed by atoms with Gasteiger partial charge in [-0.3, -0.25) is 4.79 Å². The van der Waals surface area contributed by atoms with Crippen LogP contribution < -0.4 is 0 Å². The number of carbonyl (C=O) groups excluding carboxylic acids is 1. The Bertz CT molecular complexity index is 402. The highest BCUT2D eigenvalue weighted by atomic mass is 79.9. The van der Waals surface area contributed by atoms with Crippen LogP contribution in [0.2, 0.25) is 0 Å². The third-order valence-electron chi connectivity index (χ3n) is 2.56. The maximum absolute atomic E-state index is 13.2. The van der Waals surface area contributed by atoms with Crippen molar-refractivity contribution in [3.63, 3.8) is 0 Å². The van der Waals surface area contributed by atoms with Gasteiger partial charge in [0, 0.05) is 13.5 Å². The summed E-state index contributed by atoms with van der Waals surface area (Å²) in [5.41, 5.74) is -0.207. The largest absolute Gasteiger partial charge is 0.371 e. The summed E-state index contributed by atoms with van der Waals surface area (Å²) in [6, 6.07) is 4.65. The molecule has 1 rings (SSSR count). The zero-order valence-corrected chi connectivity index (χ0v) is 11.1. The molecular weight excluding hydrogens is 275 g/mol. The van der Waals surface area contributed by atoms with Crippen LogP contribution in [0.4, 0.5) is 4.39 Å². The predicted octanol–water partition coefficient (Wildman–Crippen LogP) is 3.12. The van der Waals surface area contributed by atoms with Crippen LogP contribution >= 0.6 is 15.9 Å². The Hall–Kier alpha value is -0.740. The number of halogens is 2. The first-order valence-corrected chi connectivity index (χ1v) is 5.69. The van der Waals surface area contributed by atoms with E-state index < -0.39 is 5.60 Å².